The molecule has 0 radical (unpaired) electrons. The van der Waals surface area contributed by atoms with Gasteiger partial charge in [0.2, 0.25) is 0 Å². The molecule has 3 saturated heterocycles. The van der Waals surface area contributed by atoms with Gasteiger partial charge >= 0.3 is 0 Å². The van der Waals surface area contributed by atoms with Crippen LogP contribution in [0.3, 0.4) is 0 Å². The average Bonchev–Trinajstić information content (AvgIpc) is 2.76. The molecule has 218 valence electrons. The molecule has 0 amide bonds. The van der Waals surface area contributed by atoms with Crippen molar-refractivity contribution >= 4 is 11.8 Å². The Labute approximate surface area is 234 Å². The van der Waals surface area contributed by atoms with Crippen molar-refractivity contribution < 1.29 is 4.74 Å². The second kappa shape index (κ2) is 12.7. The molecule has 0 aromatic carbocycles. The number of rotatable bonds is 12. The van der Waals surface area contributed by atoms with Gasteiger partial charge in [-0.05, 0) is 81.4 Å². The highest BCUT2D eigenvalue weighted by atomic mass is 32.2. The van der Waals surface area contributed by atoms with Gasteiger partial charge in [-0.1, -0.05) is 0 Å². The third kappa shape index (κ3) is 9.06. The zero-order valence-corrected chi connectivity index (χ0v) is 27.1. The van der Waals surface area contributed by atoms with Crippen molar-refractivity contribution in [2.45, 2.75) is 103 Å². The number of piperazine rings is 2. The van der Waals surface area contributed by atoms with Crippen molar-refractivity contribution in [2.24, 2.45) is 0 Å². The lowest BCUT2D eigenvalue weighted by molar-refractivity contribution is -0.0507. The molecule has 0 saturated carbocycles. The summed E-state index contributed by atoms with van der Waals surface area (Å²) in [5.74, 6) is 1.22. The molecule has 6 nitrogen and oxygen atoms in total. The Bertz CT molecular complexity index is 685. The summed E-state index contributed by atoms with van der Waals surface area (Å²) in [4.78, 5) is 13.6. The summed E-state index contributed by atoms with van der Waals surface area (Å²) >= 11 is 1.97. The van der Waals surface area contributed by atoms with Crippen LogP contribution in [0.25, 0.3) is 0 Å². The lowest BCUT2D eigenvalue weighted by atomic mass is 9.86. The highest BCUT2D eigenvalue weighted by Gasteiger charge is 2.41. The maximum Gasteiger partial charge on any atom is 0.0600 e. The van der Waals surface area contributed by atoms with Crippen LogP contribution in [0, 0.1) is 0 Å². The fourth-order valence-corrected chi connectivity index (χ4v) is 7.19. The fourth-order valence-electron chi connectivity index (χ4n) is 6.30. The molecule has 3 heterocycles. The lowest BCUT2D eigenvalue weighted by Crippen LogP contribution is -2.68. The van der Waals surface area contributed by atoms with Crippen LogP contribution in [0.1, 0.15) is 75.2 Å². The first-order chi connectivity index (χ1) is 17.1. The zero-order chi connectivity index (χ0) is 27.5. The van der Waals surface area contributed by atoms with E-state index >= 15 is 0 Å². The highest BCUT2D eigenvalue weighted by molar-refractivity contribution is 7.98. The van der Waals surface area contributed by atoms with Crippen LogP contribution >= 0.6 is 11.8 Å². The van der Waals surface area contributed by atoms with E-state index in [9.17, 15) is 0 Å². The van der Waals surface area contributed by atoms with E-state index in [4.69, 9.17) is 4.74 Å². The zero-order valence-electron chi connectivity index (χ0n) is 26.2. The molecule has 0 unspecified atom stereocenters. The summed E-state index contributed by atoms with van der Waals surface area (Å²) in [6, 6.07) is 0.768. The van der Waals surface area contributed by atoms with Gasteiger partial charge in [-0.2, -0.15) is 11.8 Å². The van der Waals surface area contributed by atoms with Crippen LogP contribution in [-0.4, -0.2) is 143 Å². The number of hydrogen-bond donors (Lipinski definition) is 0. The second-order valence-corrected chi connectivity index (χ2v) is 15.6. The fraction of sp³-hybridized carbons (Fsp3) is 1.00. The van der Waals surface area contributed by atoms with E-state index in [1.165, 1.54) is 71.0 Å². The molecule has 0 aromatic heterocycles. The lowest BCUT2D eigenvalue weighted by Gasteiger charge is -2.55. The summed E-state index contributed by atoms with van der Waals surface area (Å²) in [6.07, 6.45) is 4.75. The van der Waals surface area contributed by atoms with Gasteiger partial charge in [-0.3, -0.25) is 24.5 Å². The van der Waals surface area contributed by atoms with E-state index in [1.54, 1.807) is 0 Å². The van der Waals surface area contributed by atoms with Gasteiger partial charge in [-0.25, -0.2) is 0 Å². The van der Waals surface area contributed by atoms with Crippen LogP contribution in [0.2, 0.25) is 0 Å². The predicted molar refractivity (Wildman–Crippen MR) is 162 cm³/mol. The van der Waals surface area contributed by atoms with E-state index in [-0.39, 0.29) is 16.7 Å². The first-order valence-electron chi connectivity index (χ1n) is 15.0. The first-order valence-corrected chi connectivity index (χ1v) is 16.4. The Balaban J connectivity index is 1.37. The smallest absolute Gasteiger partial charge is 0.0600 e. The topological polar surface area (TPSA) is 25.4 Å². The normalized spacial score (nSPS) is 23.5. The molecule has 0 bridgehead atoms. The maximum atomic E-state index is 5.95. The molecule has 0 aliphatic carbocycles. The largest absolute Gasteiger partial charge is 0.375 e. The molecule has 7 heteroatoms. The molecule has 0 spiro atoms. The molecule has 3 fully saturated rings. The van der Waals surface area contributed by atoms with Crippen molar-refractivity contribution in [3.63, 3.8) is 0 Å². The molecular formula is C30H61N5OS. The van der Waals surface area contributed by atoms with E-state index in [2.05, 4.69) is 93.1 Å². The van der Waals surface area contributed by atoms with Crippen molar-refractivity contribution in [3.05, 3.63) is 0 Å². The molecule has 3 rings (SSSR count). The molecule has 0 atom stereocenters. The van der Waals surface area contributed by atoms with E-state index in [1.807, 2.05) is 11.8 Å². The maximum absolute atomic E-state index is 5.95. The van der Waals surface area contributed by atoms with Crippen LogP contribution < -0.4 is 0 Å². The molecule has 0 N–H and O–H groups in total. The van der Waals surface area contributed by atoms with Gasteiger partial charge in [0.05, 0.1) is 12.2 Å². The Morgan fingerprint density at radius 2 is 1.14 bits per heavy atom. The molecule has 0 aromatic rings. The van der Waals surface area contributed by atoms with E-state index in [0.29, 0.717) is 5.54 Å². The van der Waals surface area contributed by atoms with Crippen molar-refractivity contribution in [3.8, 4) is 0 Å². The SMILES string of the molecule is CSCC(C)(C)N1CC(N2CCN(C(C)(C)CCC(C)(C)N3CCN(CCOC(C)(C)C)CC3)CC2)C1. The monoisotopic (exact) mass is 539 g/mol. The quantitative estimate of drug-likeness (QED) is 0.367. The van der Waals surface area contributed by atoms with Gasteiger partial charge in [0.25, 0.3) is 0 Å². The second-order valence-electron chi connectivity index (χ2n) is 14.7. The number of likely N-dealkylation sites (tertiary alicyclic amines) is 1. The van der Waals surface area contributed by atoms with Crippen molar-refractivity contribution in [1.29, 1.82) is 0 Å². The summed E-state index contributed by atoms with van der Waals surface area (Å²) in [6.45, 7) is 35.1. The average molecular weight is 540 g/mol. The van der Waals surface area contributed by atoms with Crippen LogP contribution in [0.5, 0.6) is 0 Å². The van der Waals surface area contributed by atoms with Gasteiger partial charge in [-0.15, -0.1) is 0 Å². The summed E-state index contributed by atoms with van der Waals surface area (Å²) in [7, 11) is 0. The van der Waals surface area contributed by atoms with Gasteiger partial charge < -0.3 is 4.74 Å². The standard InChI is InChI=1S/C30H61N5OS/c1-27(2,3)36-22-21-31-13-17-33(18-14-31)28(4,5)11-12-29(6,7)34-19-15-32(16-20-34)26-23-35(24-26)30(8,9)25-37-10/h26H,11-25H2,1-10H3. The van der Waals surface area contributed by atoms with Crippen molar-refractivity contribution in [1.82, 2.24) is 24.5 Å². The minimum atomic E-state index is -0.0353. The minimum Gasteiger partial charge on any atom is -0.375 e. The highest BCUT2D eigenvalue weighted by Crippen LogP contribution is 2.32. The Kier molecular flexibility index (Phi) is 10.9. The minimum absolute atomic E-state index is 0.0353. The molecular weight excluding hydrogens is 478 g/mol. The summed E-state index contributed by atoms with van der Waals surface area (Å²) in [5, 5.41) is 0. The van der Waals surface area contributed by atoms with Gasteiger partial charge in [0.15, 0.2) is 0 Å². The molecule has 3 aliphatic heterocycles. The predicted octanol–water partition coefficient (Wildman–Crippen LogP) is 4.20. The number of ether oxygens (including phenoxy) is 1. The van der Waals surface area contributed by atoms with Crippen LogP contribution in [0.4, 0.5) is 0 Å². The van der Waals surface area contributed by atoms with Crippen molar-refractivity contribution in [2.75, 3.05) is 90.6 Å². The third-order valence-electron chi connectivity index (χ3n) is 9.42. The Morgan fingerprint density at radius 1 is 0.649 bits per heavy atom. The first kappa shape index (κ1) is 31.6. The third-order valence-corrected chi connectivity index (χ3v) is 10.4. The van der Waals surface area contributed by atoms with E-state index < -0.39 is 0 Å². The molecule has 37 heavy (non-hydrogen) atoms. The molecule has 3 aliphatic rings. The number of nitrogens with zero attached hydrogens (tertiary/aromatic N) is 5. The van der Waals surface area contributed by atoms with Crippen LogP contribution in [0.15, 0.2) is 0 Å². The summed E-state index contributed by atoms with van der Waals surface area (Å²) < 4.78 is 5.95. The summed E-state index contributed by atoms with van der Waals surface area (Å²) in [5.41, 5.74) is 0.819. The van der Waals surface area contributed by atoms with Gasteiger partial charge in [0, 0.05) is 100 Å². The Hall–Kier alpha value is 0.110. The number of thioether (sulfide) groups is 1. The van der Waals surface area contributed by atoms with Crippen LogP contribution in [-0.2, 0) is 4.74 Å². The van der Waals surface area contributed by atoms with Gasteiger partial charge in [0.1, 0.15) is 0 Å². The number of hydrogen-bond acceptors (Lipinski definition) is 7. The Morgan fingerprint density at radius 3 is 1.59 bits per heavy atom. The van der Waals surface area contributed by atoms with E-state index in [0.717, 1.165) is 32.3 Å².